The first-order valence-electron chi connectivity index (χ1n) is 6.80. The van der Waals surface area contributed by atoms with Crippen molar-refractivity contribution in [1.29, 1.82) is 0 Å². The summed E-state index contributed by atoms with van der Waals surface area (Å²) in [5, 5.41) is 3.07. The van der Waals surface area contributed by atoms with Gasteiger partial charge < -0.3 is 5.32 Å². The van der Waals surface area contributed by atoms with Crippen LogP contribution in [0.3, 0.4) is 0 Å². The molecule has 1 heterocycles. The van der Waals surface area contributed by atoms with Crippen molar-refractivity contribution in [2.75, 3.05) is 19.6 Å². The lowest BCUT2D eigenvalue weighted by Crippen LogP contribution is -2.40. The van der Waals surface area contributed by atoms with Crippen molar-refractivity contribution >= 4 is 5.91 Å². The monoisotopic (exact) mass is 246 g/mol. The largest absolute Gasteiger partial charge is 0.350 e. The van der Waals surface area contributed by atoms with Gasteiger partial charge in [-0.25, -0.2) is 0 Å². The maximum absolute atomic E-state index is 12.1. The van der Waals surface area contributed by atoms with Gasteiger partial charge >= 0.3 is 0 Å². The zero-order valence-electron chi connectivity index (χ0n) is 11.3. The van der Waals surface area contributed by atoms with E-state index in [4.69, 9.17) is 0 Å². The van der Waals surface area contributed by atoms with Gasteiger partial charge in [-0.3, -0.25) is 9.69 Å². The summed E-state index contributed by atoms with van der Waals surface area (Å²) in [6, 6.07) is 8.25. The second-order valence-corrected chi connectivity index (χ2v) is 4.95. The summed E-state index contributed by atoms with van der Waals surface area (Å²) in [6.07, 6.45) is 2.45. The predicted octanol–water partition coefficient (Wildman–Crippen LogP) is 2.21. The molecule has 98 valence electrons. The molecule has 3 heteroatoms. The van der Waals surface area contributed by atoms with Gasteiger partial charge in [-0.15, -0.1) is 0 Å². The highest BCUT2D eigenvalue weighted by molar-refractivity contribution is 5.95. The molecule has 0 aliphatic carbocycles. The third kappa shape index (κ3) is 2.91. The highest BCUT2D eigenvalue weighted by Crippen LogP contribution is 2.16. The number of rotatable bonds is 4. The molecule has 1 aliphatic rings. The molecular formula is C15H22N2O. The molecule has 3 nitrogen and oxygen atoms in total. The van der Waals surface area contributed by atoms with E-state index >= 15 is 0 Å². The number of hydrogen-bond donors (Lipinski definition) is 1. The highest BCUT2D eigenvalue weighted by atomic mass is 16.1. The van der Waals surface area contributed by atoms with Gasteiger partial charge in [0.25, 0.3) is 5.91 Å². The molecule has 0 saturated carbocycles. The Morgan fingerprint density at radius 1 is 1.44 bits per heavy atom. The lowest BCUT2D eigenvalue weighted by Gasteiger charge is -2.23. The van der Waals surface area contributed by atoms with Crippen molar-refractivity contribution in [2.24, 2.45) is 0 Å². The molecule has 1 fully saturated rings. The average Bonchev–Trinajstić information content (AvgIpc) is 2.84. The number of benzene rings is 1. The summed E-state index contributed by atoms with van der Waals surface area (Å²) in [7, 11) is 0. The van der Waals surface area contributed by atoms with Crippen LogP contribution in [0.25, 0.3) is 0 Å². The summed E-state index contributed by atoms with van der Waals surface area (Å²) in [4.78, 5) is 14.5. The number of amides is 1. The van der Waals surface area contributed by atoms with Gasteiger partial charge in [0.05, 0.1) is 0 Å². The van der Waals surface area contributed by atoms with Gasteiger partial charge in [-0.2, -0.15) is 0 Å². The Hall–Kier alpha value is -1.35. The Morgan fingerprint density at radius 2 is 2.22 bits per heavy atom. The van der Waals surface area contributed by atoms with Crippen LogP contribution >= 0.6 is 0 Å². The molecule has 1 saturated heterocycles. The van der Waals surface area contributed by atoms with E-state index in [1.165, 1.54) is 19.4 Å². The van der Waals surface area contributed by atoms with Gasteiger partial charge in [0.15, 0.2) is 0 Å². The number of likely N-dealkylation sites (tertiary alicyclic amines) is 1. The van der Waals surface area contributed by atoms with Crippen molar-refractivity contribution < 1.29 is 4.79 Å². The van der Waals surface area contributed by atoms with E-state index in [9.17, 15) is 4.79 Å². The van der Waals surface area contributed by atoms with Crippen LogP contribution in [0.2, 0.25) is 0 Å². The third-order valence-corrected chi connectivity index (χ3v) is 3.79. The molecule has 1 aromatic carbocycles. The third-order valence-electron chi connectivity index (χ3n) is 3.79. The summed E-state index contributed by atoms with van der Waals surface area (Å²) in [5.41, 5.74) is 1.83. The van der Waals surface area contributed by atoms with Gasteiger partial charge in [0.1, 0.15) is 0 Å². The van der Waals surface area contributed by atoms with Crippen LogP contribution in [0.5, 0.6) is 0 Å². The fourth-order valence-corrected chi connectivity index (χ4v) is 2.68. The molecule has 0 aromatic heterocycles. The summed E-state index contributed by atoms with van der Waals surface area (Å²) in [6.45, 7) is 7.16. The number of carbonyl (C=O) groups is 1. The van der Waals surface area contributed by atoms with Crippen LogP contribution < -0.4 is 5.32 Å². The van der Waals surface area contributed by atoms with Gasteiger partial charge in [0.2, 0.25) is 0 Å². The van der Waals surface area contributed by atoms with Crippen LogP contribution in [0, 0.1) is 6.92 Å². The van der Waals surface area contributed by atoms with E-state index in [0.717, 1.165) is 24.2 Å². The minimum atomic E-state index is 0.0519. The zero-order chi connectivity index (χ0) is 13.0. The van der Waals surface area contributed by atoms with Gasteiger partial charge in [-0.05, 0) is 44.5 Å². The first-order chi connectivity index (χ1) is 8.72. The molecule has 18 heavy (non-hydrogen) atoms. The van der Waals surface area contributed by atoms with Crippen LogP contribution in [-0.4, -0.2) is 36.5 Å². The topological polar surface area (TPSA) is 32.3 Å². The molecule has 1 aliphatic heterocycles. The van der Waals surface area contributed by atoms with Gasteiger partial charge in [0, 0.05) is 18.2 Å². The number of hydrogen-bond acceptors (Lipinski definition) is 2. The van der Waals surface area contributed by atoms with Crippen LogP contribution in [0.15, 0.2) is 24.3 Å². The molecule has 1 atom stereocenters. The Bertz CT molecular complexity index is 417. The summed E-state index contributed by atoms with van der Waals surface area (Å²) < 4.78 is 0. The van der Waals surface area contributed by atoms with E-state index in [1.807, 2.05) is 31.2 Å². The quantitative estimate of drug-likeness (QED) is 0.883. The Kier molecular flexibility index (Phi) is 4.37. The molecule has 0 spiro atoms. The van der Waals surface area contributed by atoms with E-state index in [1.54, 1.807) is 0 Å². The fourth-order valence-electron chi connectivity index (χ4n) is 2.68. The SMILES string of the molecule is CCN1CCC[C@@H]1CNC(=O)c1ccccc1C. The predicted molar refractivity (Wildman–Crippen MR) is 73.8 cm³/mol. The zero-order valence-corrected chi connectivity index (χ0v) is 11.3. The van der Waals surface area contributed by atoms with E-state index in [2.05, 4.69) is 17.1 Å². The number of likely N-dealkylation sites (N-methyl/N-ethyl adjacent to an activating group) is 1. The second kappa shape index (κ2) is 6.01. The van der Waals surface area contributed by atoms with Gasteiger partial charge in [-0.1, -0.05) is 25.1 Å². The van der Waals surface area contributed by atoms with E-state index in [-0.39, 0.29) is 5.91 Å². The smallest absolute Gasteiger partial charge is 0.251 e. The maximum atomic E-state index is 12.1. The normalized spacial score (nSPS) is 20.0. The fraction of sp³-hybridized carbons (Fsp3) is 0.533. The van der Waals surface area contributed by atoms with Crippen molar-refractivity contribution in [3.8, 4) is 0 Å². The van der Waals surface area contributed by atoms with Crippen molar-refractivity contribution in [1.82, 2.24) is 10.2 Å². The lowest BCUT2D eigenvalue weighted by molar-refractivity contribution is 0.0941. The average molecular weight is 246 g/mol. The Labute approximate surface area is 109 Å². The lowest BCUT2D eigenvalue weighted by atomic mass is 10.1. The summed E-state index contributed by atoms with van der Waals surface area (Å²) in [5.74, 6) is 0.0519. The van der Waals surface area contributed by atoms with Crippen molar-refractivity contribution in [3.05, 3.63) is 35.4 Å². The molecule has 1 amide bonds. The molecular weight excluding hydrogens is 224 g/mol. The summed E-state index contributed by atoms with van der Waals surface area (Å²) >= 11 is 0. The Morgan fingerprint density at radius 3 is 2.94 bits per heavy atom. The molecule has 0 radical (unpaired) electrons. The van der Waals surface area contributed by atoms with E-state index in [0.29, 0.717) is 6.04 Å². The highest BCUT2D eigenvalue weighted by Gasteiger charge is 2.23. The number of nitrogens with zero attached hydrogens (tertiary/aromatic N) is 1. The minimum absolute atomic E-state index is 0.0519. The van der Waals surface area contributed by atoms with E-state index < -0.39 is 0 Å². The number of nitrogens with one attached hydrogen (secondary N) is 1. The molecule has 0 unspecified atom stereocenters. The first-order valence-corrected chi connectivity index (χ1v) is 6.80. The molecule has 0 bridgehead atoms. The maximum Gasteiger partial charge on any atom is 0.251 e. The standard InChI is InChI=1S/C15H22N2O/c1-3-17-10-6-8-13(17)11-16-15(18)14-9-5-4-7-12(14)2/h4-5,7,9,13H,3,6,8,10-11H2,1-2H3,(H,16,18)/t13-/m1/s1. The molecule has 1 aromatic rings. The van der Waals surface area contributed by atoms with Crippen molar-refractivity contribution in [3.63, 3.8) is 0 Å². The first kappa shape index (κ1) is 13.1. The van der Waals surface area contributed by atoms with Crippen molar-refractivity contribution in [2.45, 2.75) is 32.7 Å². The second-order valence-electron chi connectivity index (χ2n) is 4.95. The number of aryl methyl sites for hydroxylation is 1. The molecule has 2 rings (SSSR count). The number of carbonyl (C=O) groups excluding carboxylic acids is 1. The van der Waals surface area contributed by atoms with Crippen LogP contribution in [0.1, 0.15) is 35.7 Å². The molecule has 1 N–H and O–H groups in total. The van der Waals surface area contributed by atoms with Crippen LogP contribution in [0.4, 0.5) is 0 Å². The minimum Gasteiger partial charge on any atom is -0.350 e. The van der Waals surface area contributed by atoms with Crippen LogP contribution in [-0.2, 0) is 0 Å². The Balaban J connectivity index is 1.91.